The zero-order chi connectivity index (χ0) is 22.7. The number of carbonyl (C=O) groups excluding carboxylic acids is 2. The van der Waals surface area contributed by atoms with Gasteiger partial charge in [0.2, 0.25) is 5.91 Å². The van der Waals surface area contributed by atoms with E-state index in [4.69, 9.17) is 5.26 Å². The Morgan fingerprint density at radius 1 is 1.00 bits per heavy atom. The summed E-state index contributed by atoms with van der Waals surface area (Å²) in [4.78, 5) is 29.9. The third-order valence-corrected chi connectivity index (χ3v) is 6.02. The van der Waals surface area contributed by atoms with Crippen LogP contribution in [-0.2, 0) is 9.59 Å². The third kappa shape index (κ3) is 4.50. The normalized spacial score (nSPS) is 17.0. The SMILES string of the molecule is Cc1ccc(C)c(N2N=C(C(=O)N3CCCN(c4ccc(C#N)cc4)CC3)CCC2=O)c1. The van der Waals surface area contributed by atoms with E-state index in [2.05, 4.69) is 16.1 Å². The van der Waals surface area contributed by atoms with Gasteiger partial charge in [-0.3, -0.25) is 9.59 Å². The molecular weight excluding hydrogens is 402 g/mol. The summed E-state index contributed by atoms with van der Waals surface area (Å²) < 4.78 is 0. The minimum atomic E-state index is -0.0884. The van der Waals surface area contributed by atoms with Crippen LogP contribution in [0, 0.1) is 25.2 Å². The predicted molar refractivity (Wildman–Crippen MR) is 125 cm³/mol. The van der Waals surface area contributed by atoms with Gasteiger partial charge in [0.25, 0.3) is 5.91 Å². The van der Waals surface area contributed by atoms with Crippen molar-refractivity contribution in [1.82, 2.24) is 4.90 Å². The molecule has 2 aliphatic heterocycles. The molecule has 1 fully saturated rings. The molecule has 32 heavy (non-hydrogen) atoms. The van der Waals surface area contributed by atoms with Gasteiger partial charge in [-0.05, 0) is 61.7 Å². The molecule has 2 amide bonds. The number of carbonyl (C=O) groups is 2. The molecule has 2 aliphatic rings. The molecule has 0 aromatic heterocycles. The first-order chi connectivity index (χ1) is 15.5. The molecule has 1 saturated heterocycles. The maximum absolute atomic E-state index is 13.3. The lowest BCUT2D eigenvalue weighted by molar-refractivity contribution is -0.124. The van der Waals surface area contributed by atoms with Gasteiger partial charge in [0, 0.05) is 44.7 Å². The largest absolute Gasteiger partial charge is 0.370 e. The number of amides is 2. The number of rotatable bonds is 3. The average molecular weight is 430 g/mol. The second-order valence-electron chi connectivity index (χ2n) is 8.33. The Morgan fingerprint density at radius 2 is 1.78 bits per heavy atom. The Labute approximate surface area is 188 Å². The fourth-order valence-electron chi connectivity index (χ4n) is 4.15. The molecule has 2 aromatic carbocycles. The molecule has 0 unspecified atom stereocenters. The van der Waals surface area contributed by atoms with Crippen LogP contribution < -0.4 is 9.91 Å². The quantitative estimate of drug-likeness (QED) is 0.749. The number of benzene rings is 2. The monoisotopic (exact) mass is 429 g/mol. The molecule has 0 spiro atoms. The molecule has 4 rings (SSSR count). The highest BCUT2D eigenvalue weighted by Gasteiger charge is 2.30. The van der Waals surface area contributed by atoms with Crippen LogP contribution in [0.4, 0.5) is 11.4 Å². The first-order valence-electron chi connectivity index (χ1n) is 11.0. The predicted octanol–water partition coefficient (Wildman–Crippen LogP) is 3.40. The van der Waals surface area contributed by atoms with E-state index in [1.54, 1.807) is 0 Å². The van der Waals surface area contributed by atoms with Crippen molar-refractivity contribution < 1.29 is 9.59 Å². The molecule has 2 aromatic rings. The van der Waals surface area contributed by atoms with Crippen molar-refractivity contribution in [2.24, 2.45) is 5.10 Å². The Bertz CT molecular complexity index is 1100. The minimum absolute atomic E-state index is 0.0851. The van der Waals surface area contributed by atoms with Gasteiger partial charge in [-0.1, -0.05) is 12.1 Å². The summed E-state index contributed by atoms with van der Waals surface area (Å²) in [6.45, 7) is 6.72. The van der Waals surface area contributed by atoms with Crippen LogP contribution in [0.15, 0.2) is 47.6 Å². The fourth-order valence-corrected chi connectivity index (χ4v) is 4.15. The van der Waals surface area contributed by atoms with Crippen LogP contribution in [0.2, 0.25) is 0 Å². The Hall–Kier alpha value is -3.66. The first kappa shape index (κ1) is 21.6. The lowest BCUT2D eigenvalue weighted by Gasteiger charge is -2.28. The molecule has 164 valence electrons. The number of hydrogen-bond acceptors (Lipinski definition) is 5. The third-order valence-electron chi connectivity index (χ3n) is 6.02. The van der Waals surface area contributed by atoms with E-state index in [1.165, 1.54) is 5.01 Å². The molecule has 0 saturated carbocycles. The molecule has 0 atom stereocenters. The van der Waals surface area contributed by atoms with Crippen molar-refractivity contribution in [2.45, 2.75) is 33.1 Å². The first-order valence-corrected chi connectivity index (χ1v) is 11.0. The van der Waals surface area contributed by atoms with Crippen LogP contribution >= 0.6 is 0 Å². The van der Waals surface area contributed by atoms with Crippen molar-refractivity contribution in [3.63, 3.8) is 0 Å². The van der Waals surface area contributed by atoms with Crippen LogP contribution in [0.5, 0.6) is 0 Å². The Morgan fingerprint density at radius 3 is 2.53 bits per heavy atom. The molecule has 0 N–H and O–H groups in total. The number of nitriles is 1. The number of hydrazone groups is 1. The summed E-state index contributed by atoms with van der Waals surface area (Å²) in [6, 6.07) is 15.6. The van der Waals surface area contributed by atoms with Crippen molar-refractivity contribution in [1.29, 1.82) is 5.26 Å². The van der Waals surface area contributed by atoms with Gasteiger partial charge in [-0.2, -0.15) is 10.4 Å². The molecular formula is C25H27N5O2. The molecule has 2 heterocycles. The maximum Gasteiger partial charge on any atom is 0.270 e. The van der Waals surface area contributed by atoms with Crippen LogP contribution in [-0.4, -0.2) is 48.6 Å². The van der Waals surface area contributed by atoms with Gasteiger partial charge in [-0.25, -0.2) is 5.01 Å². The van der Waals surface area contributed by atoms with E-state index in [0.29, 0.717) is 37.3 Å². The van der Waals surface area contributed by atoms with E-state index >= 15 is 0 Å². The zero-order valence-electron chi connectivity index (χ0n) is 18.5. The van der Waals surface area contributed by atoms with E-state index in [-0.39, 0.29) is 18.2 Å². The Balaban J connectivity index is 1.49. The summed E-state index contributed by atoms with van der Waals surface area (Å²) in [5.74, 6) is -0.174. The van der Waals surface area contributed by atoms with Gasteiger partial charge >= 0.3 is 0 Å². The van der Waals surface area contributed by atoms with Gasteiger partial charge in [-0.15, -0.1) is 0 Å². The highest BCUT2D eigenvalue weighted by Crippen LogP contribution is 2.26. The second-order valence-corrected chi connectivity index (χ2v) is 8.33. The highest BCUT2D eigenvalue weighted by molar-refractivity contribution is 6.40. The number of aryl methyl sites for hydroxylation is 2. The van der Waals surface area contributed by atoms with Gasteiger partial charge < -0.3 is 9.80 Å². The minimum Gasteiger partial charge on any atom is -0.370 e. The van der Waals surface area contributed by atoms with E-state index in [0.717, 1.165) is 35.5 Å². The zero-order valence-corrected chi connectivity index (χ0v) is 18.5. The van der Waals surface area contributed by atoms with E-state index in [1.807, 2.05) is 61.2 Å². The van der Waals surface area contributed by atoms with Crippen LogP contribution in [0.1, 0.15) is 36.0 Å². The molecule has 0 radical (unpaired) electrons. The molecule has 7 nitrogen and oxygen atoms in total. The summed E-state index contributed by atoms with van der Waals surface area (Å²) in [5, 5.41) is 14.9. The smallest absolute Gasteiger partial charge is 0.270 e. The van der Waals surface area contributed by atoms with Crippen molar-refractivity contribution >= 4 is 28.9 Å². The molecule has 7 heteroatoms. The van der Waals surface area contributed by atoms with E-state index in [9.17, 15) is 9.59 Å². The highest BCUT2D eigenvalue weighted by atomic mass is 16.2. The summed E-state index contributed by atoms with van der Waals surface area (Å²) in [6.07, 6.45) is 1.50. The van der Waals surface area contributed by atoms with Crippen molar-refractivity contribution in [2.75, 3.05) is 36.1 Å². The van der Waals surface area contributed by atoms with Crippen molar-refractivity contribution in [3.05, 3.63) is 59.2 Å². The number of hydrogen-bond donors (Lipinski definition) is 0. The standard InChI is InChI=1S/C25H27N5O2/c1-18-4-5-19(2)23(16-18)30-24(31)11-10-22(27-30)25(32)29-13-3-12-28(14-15-29)21-8-6-20(17-26)7-9-21/h4-9,16H,3,10-15H2,1-2H3. The van der Waals surface area contributed by atoms with Crippen LogP contribution in [0.3, 0.4) is 0 Å². The number of nitrogens with zero attached hydrogens (tertiary/aromatic N) is 5. The summed E-state index contributed by atoms with van der Waals surface area (Å²) in [7, 11) is 0. The average Bonchev–Trinajstić information content (AvgIpc) is 3.07. The second kappa shape index (κ2) is 9.23. The van der Waals surface area contributed by atoms with Crippen molar-refractivity contribution in [3.8, 4) is 6.07 Å². The molecule has 0 bridgehead atoms. The molecule has 0 aliphatic carbocycles. The van der Waals surface area contributed by atoms with E-state index < -0.39 is 0 Å². The van der Waals surface area contributed by atoms with Gasteiger partial charge in [0.15, 0.2) is 0 Å². The van der Waals surface area contributed by atoms with Crippen LogP contribution in [0.25, 0.3) is 0 Å². The lowest BCUT2D eigenvalue weighted by Crippen LogP contribution is -2.43. The summed E-state index contributed by atoms with van der Waals surface area (Å²) in [5.41, 5.74) is 4.87. The maximum atomic E-state index is 13.3. The lowest BCUT2D eigenvalue weighted by atomic mass is 10.1. The fraction of sp³-hybridized carbons (Fsp3) is 0.360. The van der Waals surface area contributed by atoms with Gasteiger partial charge in [0.1, 0.15) is 5.71 Å². The van der Waals surface area contributed by atoms with Gasteiger partial charge in [0.05, 0.1) is 17.3 Å². The summed E-state index contributed by atoms with van der Waals surface area (Å²) >= 11 is 0. The number of anilines is 2. The Kier molecular flexibility index (Phi) is 6.22. The topological polar surface area (TPSA) is 80.0 Å².